The molecule has 2 rings (SSSR count). The maximum Gasteiger partial charge on any atom is 0.217 e. The average Bonchev–Trinajstić information content (AvgIpc) is 2.54. The Balaban J connectivity index is 2.17. The number of amides is 1. The Labute approximate surface area is 137 Å². The van der Waals surface area contributed by atoms with Crippen LogP contribution >= 0.6 is 0 Å². The van der Waals surface area contributed by atoms with Crippen molar-refractivity contribution in [2.24, 2.45) is 5.73 Å². The molecule has 0 aromatic heterocycles. The first-order chi connectivity index (χ1) is 11.2. The number of rotatable bonds is 9. The molecule has 6 heteroatoms. The molecule has 1 heterocycles. The van der Waals surface area contributed by atoms with Crippen molar-refractivity contribution in [3.05, 3.63) is 24.3 Å². The van der Waals surface area contributed by atoms with Crippen LogP contribution in [0.1, 0.15) is 26.7 Å². The molecule has 1 unspecified atom stereocenters. The normalized spacial score (nSPS) is 17.0. The zero-order valence-electron chi connectivity index (χ0n) is 13.9. The highest BCUT2D eigenvalue weighted by molar-refractivity contribution is 5.73. The Morgan fingerprint density at radius 3 is 2.70 bits per heavy atom. The zero-order valence-corrected chi connectivity index (χ0v) is 13.9. The van der Waals surface area contributed by atoms with E-state index in [1.807, 2.05) is 38.1 Å². The zero-order chi connectivity index (χ0) is 16.7. The van der Waals surface area contributed by atoms with E-state index in [0.29, 0.717) is 39.2 Å². The number of fused-ring (bicyclic) bond motifs is 1. The van der Waals surface area contributed by atoms with Gasteiger partial charge in [0.25, 0.3) is 0 Å². The molecule has 128 valence electrons. The third-order valence-corrected chi connectivity index (χ3v) is 3.82. The van der Waals surface area contributed by atoms with E-state index in [0.717, 1.165) is 11.4 Å². The van der Waals surface area contributed by atoms with Gasteiger partial charge in [-0.05, 0) is 32.4 Å². The lowest BCUT2D eigenvalue weighted by Crippen LogP contribution is -2.48. The van der Waals surface area contributed by atoms with Crippen molar-refractivity contribution in [2.45, 2.75) is 39.0 Å². The Morgan fingerprint density at radius 1 is 1.35 bits per heavy atom. The van der Waals surface area contributed by atoms with Gasteiger partial charge in [0.15, 0.2) is 6.29 Å². The quantitative estimate of drug-likeness (QED) is 0.703. The van der Waals surface area contributed by atoms with Crippen LogP contribution in [0.4, 0.5) is 5.69 Å². The van der Waals surface area contributed by atoms with E-state index in [1.54, 1.807) is 0 Å². The minimum atomic E-state index is -0.313. The van der Waals surface area contributed by atoms with Crippen molar-refractivity contribution in [3.63, 3.8) is 0 Å². The first kappa shape index (κ1) is 17.6. The summed E-state index contributed by atoms with van der Waals surface area (Å²) in [5, 5.41) is 0. The molecule has 2 N–H and O–H groups in total. The van der Waals surface area contributed by atoms with Crippen LogP contribution in [0, 0.1) is 0 Å². The van der Waals surface area contributed by atoms with E-state index in [2.05, 4.69) is 4.90 Å². The lowest BCUT2D eigenvalue weighted by atomic mass is 10.1. The molecule has 23 heavy (non-hydrogen) atoms. The second-order valence-corrected chi connectivity index (χ2v) is 5.43. The van der Waals surface area contributed by atoms with E-state index >= 15 is 0 Å². The predicted molar refractivity (Wildman–Crippen MR) is 88.5 cm³/mol. The van der Waals surface area contributed by atoms with Gasteiger partial charge in [0.1, 0.15) is 12.4 Å². The number of para-hydroxylation sites is 2. The monoisotopic (exact) mass is 322 g/mol. The third-order valence-electron chi connectivity index (χ3n) is 3.82. The SMILES string of the molecule is CCOC(CN1c2ccccc2OCC1CCC(N)=O)OCC. The Hall–Kier alpha value is -1.79. The molecule has 1 amide bonds. The van der Waals surface area contributed by atoms with Crippen LogP contribution in [0.3, 0.4) is 0 Å². The van der Waals surface area contributed by atoms with Crippen LogP contribution in [0.2, 0.25) is 0 Å². The molecule has 1 aliphatic rings. The fraction of sp³-hybridized carbons (Fsp3) is 0.588. The minimum Gasteiger partial charge on any atom is -0.489 e. The van der Waals surface area contributed by atoms with Gasteiger partial charge in [-0.3, -0.25) is 4.79 Å². The second kappa shape index (κ2) is 8.74. The lowest BCUT2D eigenvalue weighted by molar-refractivity contribution is -0.130. The van der Waals surface area contributed by atoms with E-state index in [9.17, 15) is 4.79 Å². The Bertz CT molecular complexity index is 503. The number of hydrogen-bond acceptors (Lipinski definition) is 5. The highest BCUT2D eigenvalue weighted by Crippen LogP contribution is 2.35. The summed E-state index contributed by atoms with van der Waals surface area (Å²) >= 11 is 0. The molecule has 0 radical (unpaired) electrons. The molecule has 1 aromatic carbocycles. The van der Waals surface area contributed by atoms with Crippen molar-refractivity contribution < 1.29 is 19.0 Å². The minimum absolute atomic E-state index is 0.0702. The molecule has 0 aliphatic carbocycles. The summed E-state index contributed by atoms with van der Waals surface area (Å²) in [5.74, 6) is 0.546. The Kier molecular flexibility index (Phi) is 6.67. The number of nitrogens with two attached hydrogens (primary N) is 1. The number of carbonyl (C=O) groups excluding carboxylic acids is 1. The van der Waals surface area contributed by atoms with E-state index < -0.39 is 0 Å². The third kappa shape index (κ3) is 4.84. The predicted octanol–water partition coefficient (Wildman–Crippen LogP) is 1.92. The van der Waals surface area contributed by atoms with Gasteiger partial charge >= 0.3 is 0 Å². The standard InChI is InChI=1S/C17H26N2O4/c1-3-21-17(22-4-2)11-19-13(9-10-16(18)20)12-23-15-8-6-5-7-14(15)19/h5-8,13,17H,3-4,9-12H2,1-2H3,(H2,18,20). The average molecular weight is 322 g/mol. The largest absolute Gasteiger partial charge is 0.489 e. The number of anilines is 1. The highest BCUT2D eigenvalue weighted by atomic mass is 16.7. The smallest absolute Gasteiger partial charge is 0.217 e. The van der Waals surface area contributed by atoms with Gasteiger partial charge in [0.2, 0.25) is 5.91 Å². The maximum atomic E-state index is 11.1. The highest BCUT2D eigenvalue weighted by Gasteiger charge is 2.29. The van der Waals surface area contributed by atoms with E-state index in [4.69, 9.17) is 19.9 Å². The van der Waals surface area contributed by atoms with Crippen molar-refractivity contribution >= 4 is 11.6 Å². The summed E-state index contributed by atoms with van der Waals surface area (Å²) in [6.45, 7) is 6.18. The fourth-order valence-corrected chi connectivity index (χ4v) is 2.77. The van der Waals surface area contributed by atoms with Crippen LogP contribution in [0.15, 0.2) is 24.3 Å². The first-order valence-electron chi connectivity index (χ1n) is 8.15. The molecule has 0 saturated carbocycles. The van der Waals surface area contributed by atoms with Gasteiger partial charge in [0, 0.05) is 19.6 Å². The second-order valence-electron chi connectivity index (χ2n) is 5.43. The molecule has 0 fully saturated rings. The number of ether oxygens (including phenoxy) is 3. The van der Waals surface area contributed by atoms with E-state index in [1.165, 1.54) is 0 Å². The number of benzene rings is 1. The van der Waals surface area contributed by atoms with Gasteiger partial charge < -0.3 is 24.8 Å². The van der Waals surface area contributed by atoms with Gasteiger partial charge in [-0.2, -0.15) is 0 Å². The lowest BCUT2D eigenvalue weighted by Gasteiger charge is -2.40. The fourth-order valence-electron chi connectivity index (χ4n) is 2.77. The Morgan fingerprint density at radius 2 is 2.04 bits per heavy atom. The summed E-state index contributed by atoms with van der Waals surface area (Å²) in [4.78, 5) is 13.3. The molecule has 0 bridgehead atoms. The van der Waals surface area contributed by atoms with Crippen molar-refractivity contribution in [2.75, 3.05) is 31.3 Å². The molecule has 6 nitrogen and oxygen atoms in total. The maximum absolute atomic E-state index is 11.1. The number of primary amides is 1. The first-order valence-corrected chi connectivity index (χ1v) is 8.15. The van der Waals surface area contributed by atoms with Crippen molar-refractivity contribution in [1.82, 2.24) is 0 Å². The van der Waals surface area contributed by atoms with Crippen LogP contribution in [0.25, 0.3) is 0 Å². The molecular formula is C17H26N2O4. The molecular weight excluding hydrogens is 296 g/mol. The molecule has 0 saturated heterocycles. The number of hydrogen-bond donors (Lipinski definition) is 1. The molecule has 1 aromatic rings. The van der Waals surface area contributed by atoms with Crippen LogP contribution < -0.4 is 15.4 Å². The number of nitrogens with zero attached hydrogens (tertiary/aromatic N) is 1. The summed E-state index contributed by atoms with van der Waals surface area (Å²) in [5.41, 5.74) is 6.30. The van der Waals surface area contributed by atoms with Crippen LogP contribution in [-0.2, 0) is 14.3 Å². The molecule has 0 spiro atoms. The topological polar surface area (TPSA) is 74.0 Å². The van der Waals surface area contributed by atoms with Crippen molar-refractivity contribution in [3.8, 4) is 5.75 Å². The molecule has 1 aliphatic heterocycles. The van der Waals surface area contributed by atoms with Gasteiger partial charge in [-0.25, -0.2) is 0 Å². The molecule has 1 atom stereocenters. The van der Waals surface area contributed by atoms with Crippen molar-refractivity contribution in [1.29, 1.82) is 0 Å². The van der Waals surface area contributed by atoms with Gasteiger partial charge in [-0.15, -0.1) is 0 Å². The number of carbonyl (C=O) groups is 1. The van der Waals surface area contributed by atoms with E-state index in [-0.39, 0.29) is 18.2 Å². The van der Waals surface area contributed by atoms with Gasteiger partial charge in [-0.1, -0.05) is 12.1 Å². The van der Waals surface area contributed by atoms with Gasteiger partial charge in [0.05, 0.1) is 18.3 Å². The summed E-state index contributed by atoms with van der Waals surface area (Å²) in [7, 11) is 0. The summed E-state index contributed by atoms with van der Waals surface area (Å²) in [6, 6.07) is 7.95. The van der Waals surface area contributed by atoms with Crippen LogP contribution in [-0.4, -0.2) is 44.6 Å². The summed E-state index contributed by atoms with van der Waals surface area (Å²) < 4.78 is 17.2. The summed E-state index contributed by atoms with van der Waals surface area (Å²) in [6.07, 6.45) is 0.669. The van der Waals surface area contributed by atoms with Crippen LogP contribution in [0.5, 0.6) is 5.75 Å².